The van der Waals surface area contributed by atoms with Crippen LogP contribution >= 0.6 is 23.1 Å². The summed E-state index contributed by atoms with van der Waals surface area (Å²) in [6.07, 6.45) is 0. The number of nitriles is 1. The molecule has 22 heavy (non-hydrogen) atoms. The fraction of sp³-hybridized carbons (Fsp3) is 0.214. The molecule has 0 N–H and O–H groups in total. The van der Waals surface area contributed by atoms with Crippen LogP contribution in [0.5, 0.6) is 0 Å². The van der Waals surface area contributed by atoms with Gasteiger partial charge in [-0.05, 0) is 19.1 Å². The highest BCUT2D eigenvalue weighted by atomic mass is 32.2. The molecule has 3 rings (SSSR count). The molecule has 0 atom stereocenters. The monoisotopic (exact) mass is 329 g/mol. The number of benzene rings is 1. The molecule has 110 valence electrons. The van der Waals surface area contributed by atoms with Crippen LogP contribution in [0.4, 0.5) is 0 Å². The third-order valence-corrected chi connectivity index (χ3v) is 4.97. The van der Waals surface area contributed by atoms with Crippen LogP contribution in [0.15, 0.2) is 33.4 Å². The minimum absolute atomic E-state index is 0.0122. The average molecular weight is 329 g/mol. The molecule has 6 nitrogen and oxygen atoms in total. The van der Waals surface area contributed by atoms with Gasteiger partial charge in [0.05, 0.1) is 22.7 Å². The normalized spacial score (nSPS) is 10.7. The second kappa shape index (κ2) is 6.25. The topological polar surface area (TPSA) is 84.5 Å². The first-order valence-electron chi connectivity index (χ1n) is 6.47. The largest absolute Gasteiger partial charge is 0.281 e. The lowest BCUT2D eigenvalue weighted by atomic mass is 10.2. The van der Waals surface area contributed by atoms with Crippen molar-refractivity contribution in [3.8, 4) is 6.07 Å². The smallest absolute Gasteiger partial charge is 0.262 e. The molecule has 0 aliphatic carbocycles. The van der Waals surface area contributed by atoms with E-state index in [2.05, 4.69) is 15.2 Å². The van der Waals surface area contributed by atoms with Gasteiger partial charge in [0, 0.05) is 0 Å². The van der Waals surface area contributed by atoms with Gasteiger partial charge in [0.2, 0.25) is 0 Å². The molecule has 1 aromatic carbocycles. The summed E-state index contributed by atoms with van der Waals surface area (Å²) in [5.74, 6) is 1.04. The van der Waals surface area contributed by atoms with Crippen molar-refractivity contribution in [2.75, 3.05) is 0 Å². The van der Waals surface area contributed by atoms with Crippen molar-refractivity contribution in [3.63, 3.8) is 0 Å². The second-order valence-corrected chi connectivity index (χ2v) is 6.87. The fourth-order valence-corrected chi connectivity index (χ4v) is 3.78. The van der Waals surface area contributed by atoms with Crippen molar-refractivity contribution in [2.45, 2.75) is 23.6 Å². The Kier molecular flexibility index (Phi) is 4.18. The summed E-state index contributed by atoms with van der Waals surface area (Å²) in [7, 11) is 0. The summed E-state index contributed by atoms with van der Waals surface area (Å²) in [5, 5.41) is 18.4. The Morgan fingerprint density at radius 1 is 1.36 bits per heavy atom. The maximum absolute atomic E-state index is 12.5. The zero-order valence-electron chi connectivity index (χ0n) is 11.7. The lowest BCUT2D eigenvalue weighted by Gasteiger charge is -2.09. The van der Waals surface area contributed by atoms with E-state index in [0.29, 0.717) is 22.5 Å². The summed E-state index contributed by atoms with van der Waals surface area (Å²) >= 11 is 2.96. The molecule has 8 heteroatoms. The summed E-state index contributed by atoms with van der Waals surface area (Å²) in [5.41, 5.74) is 0.460. The van der Waals surface area contributed by atoms with Gasteiger partial charge in [0.15, 0.2) is 4.34 Å². The van der Waals surface area contributed by atoms with Crippen LogP contribution in [0.25, 0.3) is 10.9 Å². The molecule has 3 aromatic rings. The Morgan fingerprint density at radius 3 is 2.91 bits per heavy atom. The molecule has 0 saturated heterocycles. The van der Waals surface area contributed by atoms with Crippen LogP contribution in [0.2, 0.25) is 0 Å². The number of para-hydroxylation sites is 1. The van der Waals surface area contributed by atoms with Gasteiger partial charge < -0.3 is 0 Å². The highest BCUT2D eigenvalue weighted by Gasteiger charge is 2.12. The van der Waals surface area contributed by atoms with Crippen molar-refractivity contribution in [3.05, 3.63) is 45.5 Å². The van der Waals surface area contributed by atoms with Crippen LogP contribution in [-0.2, 0) is 12.3 Å². The van der Waals surface area contributed by atoms with Crippen molar-refractivity contribution in [1.82, 2.24) is 19.7 Å². The zero-order valence-corrected chi connectivity index (χ0v) is 13.3. The number of rotatable bonds is 4. The first-order valence-corrected chi connectivity index (χ1v) is 8.27. The summed E-state index contributed by atoms with van der Waals surface area (Å²) in [6.45, 7) is 1.88. The van der Waals surface area contributed by atoms with Gasteiger partial charge in [-0.15, -0.1) is 10.2 Å². The molecule has 0 amide bonds. The number of hydrogen-bond acceptors (Lipinski definition) is 7. The molecule has 0 radical (unpaired) electrons. The summed E-state index contributed by atoms with van der Waals surface area (Å²) in [6, 6.07) is 9.18. The van der Waals surface area contributed by atoms with Crippen molar-refractivity contribution in [2.24, 2.45) is 0 Å². The van der Waals surface area contributed by atoms with Gasteiger partial charge in [0.25, 0.3) is 5.56 Å². The molecule has 2 heterocycles. The maximum atomic E-state index is 12.5. The number of nitrogens with zero attached hydrogens (tertiary/aromatic N) is 5. The van der Waals surface area contributed by atoms with Gasteiger partial charge in [-0.1, -0.05) is 35.2 Å². The van der Waals surface area contributed by atoms with E-state index in [4.69, 9.17) is 5.26 Å². The molecule has 0 saturated carbocycles. The van der Waals surface area contributed by atoms with Gasteiger partial charge >= 0.3 is 0 Å². The van der Waals surface area contributed by atoms with E-state index in [-0.39, 0.29) is 12.1 Å². The van der Waals surface area contributed by atoms with Crippen LogP contribution in [-0.4, -0.2) is 19.7 Å². The van der Waals surface area contributed by atoms with E-state index < -0.39 is 0 Å². The number of aryl methyl sites for hydroxylation is 1. The van der Waals surface area contributed by atoms with Crippen molar-refractivity contribution >= 4 is 34.0 Å². The van der Waals surface area contributed by atoms with E-state index in [1.54, 1.807) is 18.2 Å². The highest BCUT2D eigenvalue weighted by Crippen LogP contribution is 2.25. The highest BCUT2D eigenvalue weighted by molar-refractivity contribution is 8.00. The van der Waals surface area contributed by atoms with Gasteiger partial charge in [0.1, 0.15) is 17.4 Å². The fourth-order valence-electron chi connectivity index (χ4n) is 2.02. The van der Waals surface area contributed by atoms with Crippen molar-refractivity contribution in [1.29, 1.82) is 5.26 Å². The predicted molar refractivity (Wildman–Crippen MR) is 85.8 cm³/mol. The summed E-state index contributed by atoms with van der Waals surface area (Å²) in [4.78, 5) is 17.0. The minimum atomic E-state index is -0.184. The average Bonchev–Trinajstić information content (AvgIpc) is 2.94. The zero-order chi connectivity index (χ0) is 15.5. The second-order valence-electron chi connectivity index (χ2n) is 4.47. The maximum Gasteiger partial charge on any atom is 0.262 e. The lowest BCUT2D eigenvalue weighted by molar-refractivity contribution is 0.730. The van der Waals surface area contributed by atoms with E-state index in [1.807, 2.05) is 19.1 Å². The molecular weight excluding hydrogens is 318 g/mol. The lowest BCUT2D eigenvalue weighted by Crippen LogP contribution is -2.24. The Hall–Kier alpha value is -2.24. The molecule has 0 fully saturated rings. The number of fused-ring (bicyclic) bond motifs is 1. The van der Waals surface area contributed by atoms with Crippen LogP contribution in [0.1, 0.15) is 10.8 Å². The molecule has 0 spiro atoms. The molecule has 2 aromatic heterocycles. The van der Waals surface area contributed by atoms with E-state index in [0.717, 1.165) is 9.35 Å². The molecule has 0 aliphatic heterocycles. The molecule has 0 bridgehead atoms. The Bertz CT molecular complexity index is 925. The SMILES string of the molecule is Cc1nnc(SCc2nc3ccccc3c(=O)n2CC#N)s1. The Morgan fingerprint density at radius 2 is 2.18 bits per heavy atom. The first kappa shape index (κ1) is 14.7. The quantitative estimate of drug-likeness (QED) is 0.683. The standard InChI is InChI=1S/C14H11N5OS2/c1-9-17-18-14(22-9)21-8-12-16-11-5-3-2-4-10(11)13(20)19(12)7-6-15/h2-5H,7-8H2,1H3. The Balaban J connectivity index is 2.01. The third kappa shape index (κ3) is 2.86. The predicted octanol–water partition coefficient (Wildman–Crippen LogP) is 2.37. The number of thioether (sulfide) groups is 1. The van der Waals surface area contributed by atoms with Gasteiger partial charge in [-0.3, -0.25) is 9.36 Å². The van der Waals surface area contributed by atoms with Crippen LogP contribution < -0.4 is 5.56 Å². The van der Waals surface area contributed by atoms with Gasteiger partial charge in [-0.25, -0.2) is 4.98 Å². The molecular formula is C14H11N5OS2. The van der Waals surface area contributed by atoms with E-state index >= 15 is 0 Å². The molecule has 0 unspecified atom stereocenters. The Labute approximate surface area is 134 Å². The number of hydrogen-bond donors (Lipinski definition) is 0. The number of aromatic nitrogens is 4. The third-order valence-electron chi connectivity index (χ3n) is 3.00. The van der Waals surface area contributed by atoms with Crippen molar-refractivity contribution < 1.29 is 0 Å². The van der Waals surface area contributed by atoms with E-state index in [9.17, 15) is 4.79 Å². The van der Waals surface area contributed by atoms with E-state index in [1.165, 1.54) is 27.7 Å². The minimum Gasteiger partial charge on any atom is -0.281 e. The van der Waals surface area contributed by atoms with Gasteiger partial charge in [-0.2, -0.15) is 5.26 Å². The summed E-state index contributed by atoms with van der Waals surface area (Å²) < 4.78 is 2.24. The first-order chi connectivity index (χ1) is 10.7. The van der Waals surface area contributed by atoms with Crippen LogP contribution in [0.3, 0.4) is 0 Å². The van der Waals surface area contributed by atoms with Crippen LogP contribution in [0, 0.1) is 18.3 Å². The molecule has 0 aliphatic rings.